The maximum Gasteiger partial charge on any atom is 0.338 e. The zero-order valence-electron chi connectivity index (χ0n) is 11.6. The molecule has 0 amide bonds. The molecule has 0 N–H and O–H groups in total. The van der Waals surface area contributed by atoms with Crippen LogP contribution in [0.1, 0.15) is 20.9 Å². The molecule has 0 saturated heterocycles. The van der Waals surface area contributed by atoms with Gasteiger partial charge < -0.3 is 4.74 Å². The predicted molar refractivity (Wildman–Crippen MR) is 82.6 cm³/mol. The minimum Gasteiger partial charge on any atom is -0.462 e. The van der Waals surface area contributed by atoms with E-state index < -0.39 is 0 Å². The van der Waals surface area contributed by atoms with Crippen LogP contribution in [0.4, 0.5) is 0 Å². The number of fused-ring (bicyclic) bond motifs is 1. The number of ether oxygens (including phenoxy) is 1. The number of aryl methyl sites for hydroxylation is 1. The van der Waals surface area contributed by atoms with Gasteiger partial charge in [0.15, 0.2) is 0 Å². The lowest BCUT2D eigenvalue weighted by Crippen LogP contribution is -2.08. The van der Waals surface area contributed by atoms with Crippen molar-refractivity contribution in [3.8, 4) is 0 Å². The van der Waals surface area contributed by atoms with Crippen molar-refractivity contribution in [1.29, 1.82) is 0 Å². The fourth-order valence-corrected chi connectivity index (χ4v) is 2.85. The lowest BCUT2D eigenvalue weighted by Gasteiger charge is -2.05. The molecule has 0 aliphatic heterocycles. The van der Waals surface area contributed by atoms with E-state index in [0.717, 1.165) is 21.5 Å². The van der Waals surface area contributed by atoms with E-state index in [1.54, 1.807) is 23.6 Å². The number of thiazole rings is 1. The van der Waals surface area contributed by atoms with Gasteiger partial charge in [0.1, 0.15) is 0 Å². The second kappa shape index (κ2) is 6.01. The SMILES string of the molecule is Cc1ncsc1CCOC(=O)c1ccc2ncccc2c1. The third kappa shape index (κ3) is 3.08. The lowest BCUT2D eigenvalue weighted by molar-refractivity contribution is 0.0510. The first-order chi connectivity index (χ1) is 10.2. The smallest absolute Gasteiger partial charge is 0.338 e. The summed E-state index contributed by atoms with van der Waals surface area (Å²) >= 11 is 1.59. The summed E-state index contributed by atoms with van der Waals surface area (Å²) < 4.78 is 5.32. The molecule has 2 aromatic heterocycles. The predicted octanol–water partition coefficient (Wildman–Crippen LogP) is 3.40. The molecular formula is C16H14N2O2S. The molecule has 0 bridgehead atoms. The number of hydrogen-bond acceptors (Lipinski definition) is 5. The largest absolute Gasteiger partial charge is 0.462 e. The quantitative estimate of drug-likeness (QED) is 0.693. The monoisotopic (exact) mass is 298 g/mol. The maximum atomic E-state index is 12.0. The molecule has 5 heteroatoms. The zero-order valence-corrected chi connectivity index (χ0v) is 12.4. The minimum atomic E-state index is -0.303. The van der Waals surface area contributed by atoms with Crippen LogP contribution in [-0.4, -0.2) is 22.5 Å². The Balaban J connectivity index is 1.65. The topological polar surface area (TPSA) is 52.1 Å². The molecule has 4 nitrogen and oxygen atoms in total. The Labute approximate surface area is 126 Å². The molecule has 0 atom stereocenters. The Morgan fingerprint density at radius 2 is 2.19 bits per heavy atom. The summed E-state index contributed by atoms with van der Waals surface area (Å²) in [5.74, 6) is -0.303. The van der Waals surface area contributed by atoms with Crippen molar-refractivity contribution in [1.82, 2.24) is 9.97 Å². The van der Waals surface area contributed by atoms with Crippen molar-refractivity contribution in [2.45, 2.75) is 13.3 Å². The number of esters is 1. The van der Waals surface area contributed by atoms with Crippen molar-refractivity contribution in [2.75, 3.05) is 6.61 Å². The van der Waals surface area contributed by atoms with Gasteiger partial charge in [0.05, 0.1) is 28.9 Å². The van der Waals surface area contributed by atoms with Crippen LogP contribution < -0.4 is 0 Å². The van der Waals surface area contributed by atoms with Crippen LogP contribution in [0.25, 0.3) is 10.9 Å². The molecule has 106 valence electrons. The lowest BCUT2D eigenvalue weighted by atomic mass is 10.1. The number of rotatable bonds is 4. The maximum absolute atomic E-state index is 12.0. The number of aromatic nitrogens is 2. The molecule has 1 aromatic carbocycles. The van der Waals surface area contributed by atoms with E-state index in [1.807, 2.05) is 36.7 Å². The van der Waals surface area contributed by atoms with Gasteiger partial charge in [-0.1, -0.05) is 6.07 Å². The number of pyridine rings is 1. The van der Waals surface area contributed by atoms with Crippen LogP contribution in [0.2, 0.25) is 0 Å². The van der Waals surface area contributed by atoms with Gasteiger partial charge in [0.25, 0.3) is 0 Å². The van der Waals surface area contributed by atoms with Gasteiger partial charge in [-0.3, -0.25) is 4.98 Å². The molecule has 21 heavy (non-hydrogen) atoms. The van der Waals surface area contributed by atoms with Crippen molar-refractivity contribution >= 4 is 28.2 Å². The first-order valence-corrected chi connectivity index (χ1v) is 7.53. The Kier molecular flexibility index (Phi) is 3.92. The van der Waals surface area contributed by atoms with E-state index in [0.29, 0.717) is 18.6 Å². The van der Waals surface area contributed by atoms with Crippen LogP contribution in [0, 0.1) is 6.92 Å². The number of carbonyl (C=O) groups is 1. The van der Waals surface area contributed by atoms with Crippen LogP contribution in [-0.2, 0) is 11.2 Å². The first-order valence-electron chi connectivity index (χ1n) is 6.65. The van der Waals surface area contributed by atoms with Crippen molar-refractivity contribution in [3.63, 3.8) is 0 Å². The average molecular weight is 298 g/mol. The molecular weight excluding hydrogens is 284 g/mol. The first kappa shape index (κ1) is 13.7. The highest BCUT2D eigenvalue weighted by Gasteiger charge is 2.09. The molecule has 0 aliphatic carbocycles. The van der Waals surface area contributed by atoms with E-state index in [1.165, 1.54) is 0 Å². The number of benzene rings is 1. The summed E-state index contributed by atoms with van der Waals surface area (Å²) in [7, 11) is 0. The van der Waals surface area contributed by atoms with Crippen molar-refractivity contribution in [3.05, 3.63) is 58.2 Å². The minimum absolute atomic E-state index is 0.303. The van der Waals surface area contributed by atoms with E-state index in [9.17, 15) is 4.79 Å². The number of carbonyl (C=O) groups excluding carboxylic acids is 1. The molecule has 3 aromatic rings. The Morgan fingerprint density at radius 1 is 1.29 bits per heavy atom. The third-order valence-electron chi connectivity index (χ3n) is 3.25. The summed E-state index contributed by atoms with van der Waals surface area (Å²) in [5, 5.41) is 0.935. The normalized spacial score (nSPS) is 10.7. The number of nitrogens with zero attached hydrogens (tertiary/aromatic N) is 2. The van der Waals surface area contributed by atoms with Crippen LogP contribution >= 0.6 is 11.3 Å². The van der Waals surface area contributed by atoms with Crippen molar-refractivity contribution < 1.29 is 9.53 Å². The molecule has 0 aliphatic rings. The molecule has 0 saturated carbocycles. The Morgan fingerprint density at radius 3 is 3.00 bits per heavy atom. The molecule has 0 spiro atoms. The van der Waals surface area contributed by atoms with E-state index in [2.05, 4.69) is 9.97 Å². The highest BCUT2D eigenvalue weighted by atomic mass is 32.1. The summed E-state index contributed by atoms with van der Waals surface area (Å²) in [4.78, 5) is 21.6. The molecule has 3 rings (SSSR count). The second-order valence-electron chi connectivity index (χ2n) is 4.66. The number of hydrogen-bond donors (Lipinski definition) is 0. The highest BCUT2D eigenvalue weighted by Crippen LogP contribution is 2.15. The second-order valence-corrected chi connectivity index (χ2v) is 5.60. The summed E-state index contributed by atoms with van der Waals surface area (Å²) in [6, 6.07) is 9.17. The van der Waals surface area contributed by atoms with Crippen LogP contribution in [0.15, 0.2) is 42.0 Å². The van der Waals surface area contributed by atoms with Crippen molar-refractivity contribution in [2.24, 2.45) is 0 Å². The molecule has 0 fully saturated rings. The van der Waals surface area contributed by atoms with E-state index >= 15 is 0 Å². The van der Waals surface area contributed by atoms with Crippen LogP contribution in [0.3, 0.4) is 0 Å². The zero-order chi connectivity index (χ0) is 14.7. The fourth-order valence-electron chi connectivity index (χ4n) is 2.09. The van der Waals surface area contributed by atoms with Gasteiger partial charge in [-0.15, -0.1) is 11.3 Å². The Hall–Kier alpha value is -2.27. The standard InChI is InChI=1S/C16H14N2O2S/c1-11-15(21-10-18-11)6-8-20-16(19)13-4-5-14-12(9-13)3-2-7-17-14/h2-5,7,9-10H,6,8H2,1H3. The van der Waals surface area contributed by atoms with Gasteiger partial charge in [-0.25, -0.2) is 9.78 Å². The third-order valence-corrected chi connectivity index (χ3v) is 4.24. The van der Waals surface area contributed by atoms with Gasteiger partial charge >= 0.3 is 5.97 Å². The summed E-state index contributed by atoms with van der Waals surface area (Å²) in [5.41, 5.74) is 4.24. The van der Waals surface area contributed by atoms with Gasteiger partial charge in [0.2, 0.25) is 0 Å². The van der Waals surface area contributed by atoms with Gasteiger partial charge in [-0.05, 0) is 31.2 Å². The summed E-state index contributed by atoms with van der Waals surface area (Å²) in [6.07, 6.45) is 2.44. The van der Waals surface area contributed by atoms with Gasteiger partial charge in [-0.2, -0.15) is 0 Å². The fraction of sp³-hybridized carbons (Fsp3) is 0.188. The molecule has 0 radical (unpaired) electrons. The highest BCUT2D eigenvalue weighted by molar-refractivity contribution is 7.09. The molecule has 0 unspecified atom stereocenters. The molecule has 2 heterocycles. The van der Waals surface area contributed by atoms with Crippen LogP contribution in [0.5, 0.6) is 0 Å². The Bertz CT molecular complexity index is 783. The van der Waals surface area contributed by atoms with Gasteiger partial charge in [0, 0.05) is 22.9 Å². The van der Waals surface area contributed by atoms with E-state index in [-0.39, 0.29) is 5.97 Å². The average Bonchev–Trinajstić information content (AvgIpc) is 2.92. The van der Waals surface area contributed by atoms with E-state index in [4.69, 9.17) is 4.74 Å². The summed E-state index contributed by atoms with van der Waals surface area (Å²) in [6.45, 7) is 2.33.